The fourth-order valence-corrected chi connectivity index (χ4v) is 0.0323. The predicted molar refractivity (Wildman–Crippen MR) is 15.3 cm³/mol. The summed E-state index contributed by atoms with van der Waals surface area (Å²) in [6, 6.07) is 0. The van der Waals surface area contributed by atoms with Crippen molar-refractivity contribution in [3.8, 4) is 12.0 Å². The molecular weight excluding hydrogens is 68.0 g/mol. The molecule has 0 spiro atoms. The third-order valence-corrected chi connectivity index (χ3v) is 0.151. The second-order valence-corrected chi connectivity index (χ2v) is 0.433. The Labute approximate surface area is 30.1 Å². The van der Waals surface area contributed by atoms with Crippen LogP contribution in [0.15, 0.2) is 0 Å². The molecular formula is C3H3O2. The highest BCUT2D eigenvalue weighted by Crippen LogP contribution is 1.42. The van der Waals surface area contributed by atoms with E-state index >= 15 is 0 Å². The van der Waals surface area contributed by atoms with E-state index in [1.807, 2.05) is 5.92 Å². The first-order chi connectivity index (χ1) is 2.41. The molecule has 2 heteroatoms. The summed E-state index contributed by atoms with van der Waals surface area (Å²) in [5.74, 6) is 1.86. The maximum Gasteiger partial charge on any atom is 0.146 e. The second kappa shape index (κ2) is 3.32. The van der Waals surface area contributed by atoms with Crippen LogP contribution in [0.2, 0.25) is 0 Å². The lowest BCUT2D eigenvalue weighted by Crippen LogP contribution is -1.64. The van der Waals surface area contributed by atoms with Gasteiger partial charge in [-0.05, 0) is 5.92 Å². The molecule has 27 valence electrons. The average Bonchev–Trinajstić information content (AvgIpc) is 1.41. The monoisotopic (exact) mass is 71.0 g/mol. The average molecular weight is 71.1 g/mol. The van der Waals surface area contributed by atoms with Crippen molar-refractivity contribution in [3.05, 3.63) is 0 Å². The van der Waals surface area contributed by atoms with Crippen molar-refractivity contribution in [2.45, 2.75) is 0 Å². The van der Waals surface area contributed by atoms with Gasteiger partial charge in [-0.15, -0.1) is 0 Å². The van der Waals surface area contributed by atoms with Crippen LogP contribution in [0, 0.1) is 12.0 Å². The van der Waals surface area contributed by atoms with Crippen molar-refractivity contribution >= 4 is 0 Å². The van der Waals surface area contributed by atoms with Crippen LogP contribution < -0.4 is 0 Å². The van der Waals surface area contributed by atoms with E-state index in [2.05, 4.69) is 0 Å². The SMILES string of the molecule is [O]CC#CO. The predicted octanol–water partition coefficient (Wildman–Crippen LogP) is -0.250. The van der Waals surface area contributed by atoms with Gasteiger partial charge in [0.15, 0.2) is 0 Å². The van der Waals surface area contributed by atoms with Gasteiger partial charge in [-0.3, -0.25) is 0 Å². The normalized spacial score (nSPS) is 5.00. The smallest absolute Gasteiger partial charge is 0.146 e. The van der Waals surface area contributed by atoms with E-state index in [1.54, 1.807) is 0 Å². The van der Waals surface area contributed by atoms with Crippen LogP contribution in [0.4, 0.5) is 0 Å². The standard InChI is InChI=1S/C3H3O2/c4-2-1-3-5/h5H,2H2. The van der Waals surface area contributed by atoms with E-state index in [-0.39, 0.29) is 0 Å². The molecule has 2 nitrogen and oxygen atoms in total. The molecule has 0 bridgehead atoms. The lowest BCUT2D eigenvalue weighted by molar-refractivity contribution is 0.238. The Balaban J connectivity index is 2.81. The lowest BCUT2D eigenvalue weighted by atomic mass is 10.8. The number of hydrogen-bond acceptors (Lipinski definition) is 1. The van der Waals surface area contributed by atoms with Crippen molar-refractivity contribution in [2.75, 3.05) is 6.61 Å². The van der Waals surface area contributed by atoms with Crippen LogP contribution >= 0.6 is 0 Å². The zero-order valence-electron chi connectivity index (χ0n) is 2.56. The van der Waals surface area contributed by atoms with E-state index in [9.17, 15) is 5.11 Å². The van der Waals surface area contributed by atoms with Crippen LogP contribution in [0.5, 0.6) is 0 Å². The highest BCUT2D eigenvalue weighted by Gasteiger charge is 1.54. The maximum absolute atomic E-state index is 9.20. The topological polar surface area (TPSA) is 40.1 Å². The van der Waals surface area contributed by atoms with Crippen LogP contribution in [-0.2, 0) is 5.11 Å². The summed E-state index contributed by atoms with van der Waals surface area (Å²) < 4.78 is 0. The number of hydrogen-bond donors (Lipinski definition) is 1. The summed E-state index contributed by atoms with van der Waals surface area (Å²) >= 11 is 0. The largest absolute Gasteiger partial charge is 0.462 e. The molecule has 0 fully saturated rings. The summed E-state index contributed by atoms with van der Waals surface area (Å²) in [5.41, 5.74) is 0. The van der Waals surface area contributed by atoms with Crippen molar-refractivity contribution in [3.63, 3.8) is 0 Å². The second-order valence-electron chi connectivity index (χ2n) is 0.433. The van der Waals surface area contributed by atoms with Gasteiger partial charge in [0.25, 0.3) is 0 Å². The quantitative estimate of drug-likeness (QED) is 0.393. The summed E-state index contributed by atoms with van der Waals surface area (Å²) in [6.45, 7) is -0.517. The third-order valence-electron chi connectivity index (χ3n) is 0.151. The fraction of sp³-hybridized carbons (Fsp3) is 0.333. The van der Waals surface area contributed by atoms with E-state index in [0.717, 1.165) is 0 Å². The van der Waals surface area contributed by atoms with Crippen molar-refractivity contribution in [2.24, 2.45) is 0 Å². The first kappa shape index (κ1) is 4.32. The molecule has 1 N–H and O–H groups in total. The first-order valence-electron chi connectivity index (χ1n) is 1.12. The van der Waals surface area contributed by atoms with Crippen molar-refractivity contribution in [1.29, 1.82) is 0 Å². The van der Waals surface area contributed by atoms with Gasteiger partial charge in [0.2, 0.25) is 0 Å². The molecule has 0 aromatic rings. The molecule has 0 aromatic carbocycles. The summed E-state index contributed by atoms with van der Waals surface area (Å²) in [7, 11) is 0. The zero-order valence-corrected chi connectivity index (χ0v) is 2.56. The number of aliphatic hydroxyl groups excluding tert-OH is 1. The molecule has 0 aliphatic rings. The molecule has 0 aliphatic heterocycles. The molecule has 0 atom stereocenters. The highest BCUT2D eigenvalue weighted by atomic mass is 16.3. The number of rotatable bonds is 0. The molecule has 0 unspecified atom stereocenters. The van der Waals surface area contributed by atoms with Crippen molar-refractivity contribution in [1.82, 2.24) is 0 Å². The van der Waals surface area contributed by atoms with Gasteiger partial charge in [-0.25, -0.2) is 5.11 Å². The summed E-state index contributed by atoms with van der Waals surface area (Å²) in [5, 5.41) is 16.7. The summed E-state index contributed by atoms with van der Waals surface area (Å²) in [6.07, 6.45) is 1.45. The van der Waals surface area contributed by atoms with Crippen molar-refractivity contribution < 1.29 is 10.2 Å². The van der Waals surface area contributed by atoms with Gasteiger partial charge in [-0.2, -0.15) is 0 Å². The Morgan fingerprint density at radius 3 is 2.40 bits per heavy atom. The van der Waals surface area contributed by atoms with Crippen LogP contribution in [0.25, 0.3) is 0 Å². The molecule has 0 rings (SSSR count). The first-order valence-corrected chi connectivity index (χ1v) is 1.12. The van der Waals surface area contributed by atoms with E-state index < -0.39 is 6.61 Å². The minimum Gasteiger partial charge on any atom is -0.462 e. The lowest BCUT2D eigenvalue weighted by Gasteiger charge is -1.55. The molecule has 1 radical (unpaired) electrons. The molecule has 5 heavy (non-hydrogen) atoms. The molecule has 0 saturated heterocycles. The van der Waals surface area contributed by atoms with Gasteiger partial charge in [0, 0.05) is 0 Å². The fourth-order valence-electron chi connectivity index (χ4n) is 0.0323. The van der Waals surface area contributed by atoms with Gasteiger partial charge < -0.3 is 5.11 Å². The Kier molecular flexibility index (Phi) is 2.87. The van der Waals surface area contributed by atoms with Gasteiger partial charge in [-0.1, -0.05) is 0 Å². The molecule has 0 heterocycles. The van der Waals surface area contributed by atoms with Gasteiger partial charge in [0.1, 0.15) is 12.7 Å². The number of aliphatic hydroxyl groups is 1. The van der Waals surface area contributed by atoms with Crippen LogP contribution in [-0.4, -0.2) is 11.7 Å². The Morgan fingerprint density at radius 2 is 2.40 bits per heavy atom. The van der Waals surface area contributed by atoms with E-state index in [0.29, 0.717) is 0 Å². The minimum atomic E-state index is -0.517. The molecule has 0 saturated carbocycles. The molecule has 0 amide bonds. The van der Waals surface area contributed by atoms with Crippen LogP contribution in [0.1, 0.15) is 0 Å². The minimum absolute atomic E-state index is 0.517. The Morgan fingerprint density at radius 1 is 1.80 bits per heavy atom. The van der Waals surface area contributed by atoms with Crippen LogP contribution in [0.3, 0.4) is 0 Å². The zero-order chi connectivity index (χ0) is 4.12. The highest BCUT2D eigenvalue weighted by molar-refractivity contribution is 4.87. The third kappa shape index (κ3) is 3.32. The summed E-state index contributed by atoms with van der Waals surface area (Å²) in [4.78, 5) is 0. The van der Waals surface area contributed by atoms with Gasteiger partial charge >= 0.3 is 0 Å². The van der Waals surface area contributed by atoms with Gasteiger partial charge in [0.05, 0.1) is 0 Å². The van der Waals surface area contributed by atoms with E-state index in [1.165, 1.54) is 6.11 Å². The molecule has 0 aromatic heterocycles. The molecule has 0 aliphatic carbocycles. The maximum atomic E-state index is 9.20. The Hall–Kier alpha value is -0.680. The Bertz CT molecular complexity index is 57.0. The van der Waals surface area contributed by atoms with E-state index in [4.69, 9.17) is 5.11 Å².